The van der Waals surface area contributed by atoms with Crippen LogP contribution in [0.1, 0.15) is 55.7 Å². The average molecular weight is 242 g/mol. The van der Waals surface area contributed by atoms with Crippen LogP contribution in [0.25, 0.3) is 11.0 Å². The van der Waals surface area contributed by atoms with Crippen LogP contribution in [0.15, 0.2) is 18.5 Å². The number of fused-ring (bicyclic) bond motifs is 1. The van der Waals surface area contributed by atoms with Gasteiger partial charge in [0.25, 0.3) is 0 Å². The molecule has 0 N–H and O–H groups in total. The lowest BCUT2D eigenvalue weighted by Gasteiger charge is -2.17. The highest BCUT2D eigenvalue weighted by Gasteiger charge is 2.16. The minimum absolute atomic E-state index is 0.666. The maximum absolute atomic E-state index is 4.59. The normalized spacial score (nSPS) is 18.1. The molecule has 0 bridgehead atoms. The molecule has 96 valence electrons. The summed E-state index contributed by atoms with van der Waals surface area (Å²) in [5.74, 6) is 0. The van der Waals surface area contributed by atoms with Gasteiger partial charge in [-0.25, -0.2) is 4.98 Å². The van der Waals surface area contributed by atoms with Crippen molar-refractivity contribution in [3.8, 4) is 0 Å². The van der Waals surface area contributed by atoms with Gasteiger partial charge in [-0.1, -0.05) is 25.7 Å². The Hall–Kier alpha value is -1.31. The molecule has 18 heavy (non-hydrogen) atoms. The minimum atomic E-state index is 0.666. The molecular weight excluding hydrogens is 220 g/mol. The third-order valence-electron chi connectivity index (χ3n) is 4.41. The highest BCUT2D eigenvalue weighted by molar-refractivity contribution is 5.77. The number of aryl methyl sites for hydroxylation is 2. The molecule has 0 unspecified atom stereocenters. The van der Waals surface area contributed by atoms with E-state index in [0.29, 0.717) is 6.04 Å². The van der Waals surface area contributed by atoms with Crippen LogP contribution in [-0.4, -0.2) is 9.55 Å². The lowest BCUT2D eigenvalue weighted by Crippen LogP contribution is -2.06. The summed E-state index contributed by atoms with van der Waals surface area (Å²) < 4.78 is 2.42. The Morgan fingerprint density at radius 3 is 2.39 bits per heavy atom. The first-order valence-corrected chi connectivity index (χ1v) is 7.19. The predicted molar refractivity (Wildman–Crippen MR) is 75.9 cm³/mol. The fraction of sp³-hybridized carbons (Fsp3) is 0.562. The van der Waals surface area contributed by atoms with Crippen molar-refractivity contribution in [3.05, 3.63) is 29.6 Å². The molecule has 1 aromatic carbocycles. The van der Waals surface area contributed by atoms with Crippen molar-refractivity contribution in [2.24, 2.45) is 0 Å². The summed E-state index contributed by atoms with van der Waals surface area (Å²) in [5.41, 5.74) is 5.19. The summed E-state index contributed by atoms with van der Waals surface area (Å²) in [7, 11) is 0. The summed E-state index contributed by atoms with van der Waals surface area (Å²) in [4.78, 5) is 4.59. The second-order valence-electron chi connectivity index (χ2n) is 5.72. The number of rotatable bonds is 1. The van der Waals surface area contributed by atoms with E-state index in [0.717, 1.165) is 5.52 Å². The maximum atomic E-state index is 4.59. The molecule has 0 amide bonds. The Morgan fingerprint density at radius 1 is 1.00 bits per heavy atom. The number of hydrogen-bond acceptors (Lipinski definition) is 1. The number of aromatic nitrogens is 2. The standard InChI is InChI=1S/C16H22N2/c1-12-9-15-16(10-13(12)2)18(11-17-15)14-7-5-3-4-6-8-14/h9-11,14H,3-8H2,1-2H3. The van der Waals surface area contributed by atoms with Crippen molar-refractivity contribution in [1.82, 2.24) is 9.55 Å². The molecule has 2 aromatic rings. The third kappa shape index (κ3) is 2.05. The third-order valence-corrected chi connectivity index (χ3v) is 4.41. The number of benzene rings is 1. The molecule has 1 aliphatic rings. The Labute approximate surface area is 109 Å². The van der Waals surface area contributed by atoms with Crippen LogP contribution < -0.4 is 0 Å². The van der Waals surface area contributed by atoms with Crippen molar-refractivity contribution < 1.29 is 0 Å². The summed E-state index contributed by atoms with van der Waals surface area (Å²) in [6, 6.07) is 5.19. The molecule has 1 aromatic heterocycles. The fourth-order valence-electron chi connectivity index (χ4n) is 3.11. The first-order chi connectivity index (χ1) is 8.75. The van der Waals surface area contributed by atoms with Crippen molar-refractivity contribution in [3.63, 3.8) is 0 Å². The van der Waals surface area contributed by atoms with E-state index in [1.165, 1.54) is 55.2 Å². The highest BCUT2D eigenvalue weighted by atomic mass is 15.1. The number of imidazole rings is 1. The lowest BCUT2D eigenvalue weighted by molar-refractivity contribution is 0.454. The Kier molecular flexibility index (Phi) is 3.11. The van der Waals surface area contributed by atoms with E-state index in [1.54, 1.807) is 0 Å². The van der Waals surface area contributed by atoms with Gasteiger partial charge in [0.1, 0.15) is 0 Å². The summed E-state index contributed by atoms with van der Waals surface area (Å²) in [6.07, 6.45) is 10.2. The van der Waals surface area contributed by atoms with Crippen molar-refractivity contribution in [2.75, 3.05) is 0 Å². The van der Waals surface area contributed by atoms with Gasteiger partial charge in [0.05, 0.1) is 17.4 Å². The Bertz CT molecular complexity index is 545. The Balaban J connectivity index is 2.03. The second-order valence-corrected chi connectivity index (χ2v) is 5.72. The average Bonchev–Trinajstić information content (AvgIpc) is 2.61. The van der Waals surface area contributed by atoms with E-state index >= 15 is 0 Å². The zero-order valence-electron chi connectivity index (χ0n) is 11.4. The summed E-state index contributed by atoms with van der Waals surface area (Å²) >= 11 is 0. The first-order valence-electron chi connectivity index (χ1n) is 7.19. The molecule has 1 fully saturated rings. The zero-order chi connectivity index (χ0) is 12.5. The molecule has 0 atom stereocenters. The first kappa shape index (κ1) is 11.8. The second kappa shape index (κ2) is 4.75. The molecule has 0 saturated heterocycles. The predicted octanol–water partition coefficient (Wildman–Crippen LogP) is 4.55. The fourth-order valence-corrected chi connectivity index (χ4v) is 3.11. The van der Waals surface area contributed by atoms with E-state index in [4.69, 9.17) is 0 Å². The van der Waals surface area contributed by atoms with Crippen LogP contribution in [0.5, 0.6) is 0 Å². The largest absolute Gasteiger partial charge is 0.327 e. The smallest absolute Gasteiger partial charge is 0.0960 e. The zero-order valence-corrected chi connectivity index (χ0v) is 11.4. The molecule has 0 radical (unpaired) electrons. The molecule has 1 aliphatic carbocycles. The molecule has 2 nitrogen and oxygen atoms in total. The van der Waals surface area contributed by atoms with E-state index in [1.807, 2.05) is 0 Å². The van der Waals surface area contributed by atoms with Crippen LogP contribution in [-0.2, 0) is 0 Å². The van der Waals surface area contributed by atoms with Gasteiger partial charge < -0.3 is 4.57 Å². The summed E-state index contributed by atoms with van der Waals surface area (Å²) in [5, 5.41) is 0. The van der Waals surface area contributed by atoms with Crippen LogP contribution in [0.4, 0.5) is 0 Å². The SMILES string of the molecule is Cc1cc2ncn(C3CCCCCC3)c2cc1C. The van der Waals surface area contributed by atoms with Gasteiger partial charge in [-0.15, -0.1) is 0 Å². The molecule has 3 rings (SSSR count). The molecular formula is C16H22N2. The number of hydrogen-bond donors (Lipinski definition) is 0. The summed E-state index contributed by atoms with van der Waals surface area (Å²) in [6.45, 7) is 4.36. The van der Waals surface area contributed by atoms with Gasteiger partial charge in [-0.3, -0.25) is 0 Å². The maximum Gasteiger partial charge on any atom is 0.0960 e. The van der Waals surface area contributed by atoms with Crippen molar-refractivity contribution >= 4 is 11.0 Å². The van der Waals surface area contributed by atoms with Gasteiger partial charge in [0.2, 0.25) is 0 Å². The van der Waals surface area contributed by atoms with Crippen molar-refractivity contribution in [1.29, 1.82) is 0 Å². The molecule has 1 heterocycles. The minimum Gasteiger partial charge on any atom is -0.327 e. The molecule has 0 spiro atoms. The Morgan fingerprint density at radius 2 is 1.67 bits per heavy atom. The van der Waals surface area contributed by atoms with E-state index in [9.17, 15) is 0 Å². The molecule has 0 aliphatic heterocycles. The van der Waals surface area contributed by atoms with Crippen molar-refractivity contribution in [2.45, 2.75) is 58.4 Å². The van der Waals surface area contributed by atoms with Crippen LogP contribution in [0.3, 0.4) is 0 Å². The molecule has 2 heteroatoms. The van der Waals surface area contributed by atoms with Gasteiger partial charge in [0, 0.05) is 6.04 Å². The van der Waals surface area contributed by atoms with E-state index in [2.05, 4.69) is 41.9 Å². The monoisotopic (exact) mass is 242 g/mol. The van der Waals surface area contributed by atoms with E-state index in [-0.39, 0.29) is 0 Å². The van der Waals surface area contributed by atoms with Gasteiger partial charge >= 0.3 is 0 Å². The van der Waals surface area contributed by atoms with Crippen LogP contribution in [0, 0.1) is 13.8 Å². The van der Waals surface area contributed by atoms with Gasteiger partial charge in [-0.2, -0.15) is 0 Å². The topological polar surface area (TPSA) is 17.8 Å². The highest BCUT2D eigenvalue weighted by Crippen LogP contribution is 2.30. The van der Waals surface area contributed by atoms with E-state index < -0.39 is 0 Å². The lowest BCUT2D eigenvalue weighted by atomic mass is 10.1. The van der Waals surface area contributed by atoms with Gasteiger partial charge in [-0.05, 0) is 49.9 Å². The quantitative estimate of drug-likeness (QED) is 0.671. The number of nitrogens with zero attached hydrogens (tertiary/aromatic N) is 2. The van der Waals surface area contributed by atoms with Crippen LogP contribution in [0.2, 0.25) is 0 Å². The molecule has 1 saturated carbocycles. The van der Waals surface area contributed by atoms with Gasteiger partial charge in [0.15, 0.2) is 0 Å². The van der Waals surface area contributed by atoms with Crippen LogP contribution >= 0.6 is 0 Å².